The van der Waals surface area contributed by atoms with Crippen molar-refractivity contribution < 1.29 is 19.3 Å². The number of ether oxygens (including phenoxy) is 3. The number of halogens is 1. The fourth-order valence-electron chi connectivity index (χ4n) is 2.15. The summed E-state index contributed by atoms with van der Waals surface area (Å²) in [6, 6.07) is 11.0. The Morgan fingerprint density at radius 1 is 1.20 bits per heavy atom. The molecule has 1 unspecified atom stereocenters. The Balaban J connectivity index is 1.98. The van der Waals surface area contributed by atoms with Gasteiger partial charge in [0, 0.05) is 0 Å². The molecule has 0 fully saturated rings. The van der Waals surface area contributed by atoms with E-state index < -0.39 is 6.10 Å². The van der Waals surface area contributed by atoms with Gasteiger partial charge in [0.05, 0.1) is 11.6 Å². The van der Waals surface area contributed by atoms with E-state index in [4.69, 9.17) is 14.2 Å². The van der Waals surface area contributed by atoms with Crippen molar-refractivity contribution in [3.8, 4) is 17.2 Å². The van der Waals surface area contributed by atoms with Gasteiger partial charge >= 0.3 is 0 Å². The van der Waals surface area contributed by atoms with Crippen LogP contribution >= 0.6 is 15.9 Å². The van der Waals surface area contributed by atoms with Gasteiger partial charge in [-0.3, -0.25) is 0 Å². The molecule has 0 saturated carbocycles. The zero-order valence-electron chi connectivity index (χ0n) is 10.8. The Hall–Kier alpha value is -1.72. The van der Waals surface area contributed by atoms with E-state index in [0.717, 1.165) is 15.6 Å². The zero-order valence-corrected chi connectivity index (χ0v) is 12.4. The number of aliphatic hydroxyl groups is 1. The van der Waals surface area contributed by atoms with Gasteiger partial charge in [-0.15, -0.1) is 0 Å². The van der Waals surface area contributed by atoms with Crippen LogP contribution in [0.25, 0.3) is 0 Å². The summed E-state index contributed by atoms with van der Waals surface area (Å²) in [7, 11) is 1.60. The average Bonchev–Trinajstić information content (AvgIpc) is 2.95. The van der Waals surface area contributed by atoms with Gasteiger partial charge in [0.25, 0.3) is 0 Å². The zero-order chi connectivity index (χ0) is 14.1. The van der Waals surface area contributed by atoms with Gasteiger partial charge in [0.1, 0.15) is 11.9 Å². The number of aliphatic hydroxyl groups excluding tert-OH is 1. The summed E-state index contributed by atoms with van der Waals surface area (Å²) in [5, 5.41) is 10.5. The Bertz CT molecular complexity index is 642. The quantitative estimate of drug-likeness (QED) is 0.934. The van der Waals surface area contributed by atoms with Crippen molar-refractivity contribution in [3.63, 3.8) is 0 Å². The molecule has 1 atom stereocenters. The van der Waals surface area contributed by atoms with E-state index in [-0.39, 0.29) is 6.79 Å². The van der Waals surface area contributed by atoms with Gasteiger partial charge in [0.15, 0.2) is 11.5 Å². The minimum absolute atomic E-state index is 0.201. The SMILES string of the molecule is COc1cccc(C(O)c2cc(Br)c3c(c2)OCO3)c1. The van der Waals surface area contributed by atoms with E-state index in [1.54, 1.807) is 13.2 Å². The minimum Gasteiger partial charge on any atom is -0.497 e. The molecule has 1 N–H and O–H groups in total. The van der Waals surface area contributed by atoms with Crippen molar-refractivity contribution in [2.24, 2.45) is 0 Å². The van der Waals surface area contributed by atoms with Crippen LogP contribution in [-0.4, -0.2) is 19.0 Å². The summed E-state index contributed by atoms with van der Waals surface area (Å²) in [4.78, 5) is 0. The van der Waals surface area contributed by atoms with Crippen LogP contribution in [0.1, 0.15) is 17.2 Å². The minimum atomic E-state index is -0.754. The Kier molecular flexibility index (Phi) is 3.54. The van der Waals surface area contributed by atoms with Crippen molar-refractivity contribution >= 4 is 15.9 Å². The van der Waals surface area contributed by atoms with Crippen LogP contribution < -0.4 is 14.2 Å². The molecule has 1 aliphatic rings. The number of rotatable bonds is 3. The van der Waals surface area contributed by atoms with Crippen molar-refractivity contribution in [2.45, 2.75) is 6.10 Å². The lowest BCUT2D eigenvalue weighted by Gasteiger charge is -2.14. The highest BCUT2D eigenvalue weighted by Crippen LogP contribution is 2.42. The third-order valence-electron chi connectivity index (χ3n) is 3.17. The number of hydrogen-bond donors (Lipinski definition) is 1. The van der Waals surface area contributed by atoms with E-state index in [2.05, 4.69) is 15.9 Å². The number of fused-ring (bicyclic) bond motifs is 1. The fourth-order valence-corrected chi connectivity index (χ4v) is 2.72. The summed E-state index contributed by atoms with van der Waals surface area (Å²) in [6.07, 6.45) is -0.754. The number of methoxy groups -OCH3 is 1. The summed E-state index contributed by atoms with van der Waals surface area (Å²) in [5.41, 5.74) is 1.49. The topological polar surface area (TPSA) is 47.9 Å². The van der Waals surface area contributed by atoms with E-state index in [1.807, 2.05) is 30.3 Å². The summed E-state index contributed by atoms with van der Waals surface area (Å²) >= 11 is 3.43. The van der Waals surface area contributed by atoms with Crippen molar-refractivity contribution in [2.75, 3.05) is 13.9 Å². The Morgan fingerprint density at radius 2 is 2.05 bits per heavy atom. The summed E-state index contributed by atoms with van der Waals surface area (Å²) in [6.45, 7) is 0.201. The number of benzene rings is 2. The van der Waals surface area contributed by atoms with E-state index in [0.29, 0.717) is 17.2 Å². The molecule has 3 rings (SSSR count). The molecule has 2 aromatic carbocycles. The highest BCUT2D eigenvalue weighted by Gasteiger charge is 2.21. The van der Waals surface area contributed by atoms with Gasteiger partial charge in [-0.25, -0.2) is 0 Å². The van der Waals surface area contributed by atoms with Crippen LogP contribution in [0.3, 0.4) is 0 Å². The van der Waals surface area contributed by atoms with Crippen LogP contribution in [0.15, 0.2) is 40.9 Å². The lowest BCUT2D eigenvalue weighted by molar-refractivity contribution is 0.173. The first-order valence-corrected chi connectivity index (χ1v) is 6.89. The largest absolute Gasteiger partial charge is 0.497 e. The number of hydrogen-bond acceptors (Lipinski definition) is 4. The molecule has 2 aromatic rings. The second-order valence-electron chi connectivity index (χ2n) is 4.42. The molecular weight excluding hydrogens is 324 g/mol. The van der Waals surface area contributed by atoms with Crippen LogP contribution in [0, 0.1) is 0 Å². The molecule has 0 spiro atoms. The van der Waals surface area contributed by atoms with Crippen LogP contribution in [0.4, 0.5) is 0 Å². The first-order chi connectivity index (χ1) is 9.69. The molecule has 0 saturated heterocycles. The molecule has 0 aromatic heterocycles. The third-order valence-corrected chi connectivity index (χ3v) is 3.76. The first kappa shape index (κ1) is 13.3. The van der Waals surface area contributed by atoms with Gasteiger partial charge < -0.3 is 19.3 Å². The fraction of sp³-hybridized carbons (Fsp3) is 0.200. The molecule has 4 nitrogen and oxygen atoms in total. The molecule has 20 heavy (non-hydrogen) atoms. The molecule has 1 aliphatic heterocycles. The molecule has 1 heterocycles. The second-order valence-corrected chi connectivity index (χ2v) is 5.27. The molecule has 0 radical (unpaired) electrons. The van der Waals surface area contributed by atoms with Crippen molar-refractivity contribution in [1.29, 1.82) is 0 Å². The van der Waals surface area contributed by atoms with Gasteiger partial charge in [0.2, 0.25) is 6.79 Å². The molecule has 0 aliphatic carbocycles. The third kappa shape index (κ3) is 2.34. The normalized spacial score (nSPS) is 14.2. The lowest BCUT2D eigenvalue weighted by atomic mass is 10.0. The molecule has 0 amide bonds. The molecule has 5 heteroatoms. The van der Waals surface area contributed by atoms with Crippen LogP contribution in [0.2, 0.25) is 0 Å². The van der Waals surface area contributed by atoms with Gasteiger partial charge in [-0.2, -0.15) is 0 Å². The summed E-state index contributed by atoms with van der Waals surface area (Å²) < 4.78 is 16.6. The van der Waals surface area contributed by atoms with E-state index >= 15 is 0 Å². The highest BCUT2D eigenvalue weighted by atomic mass is 79.9. The van der Waals surface area contributed by atoms with E-state index in [1.165, 1.54) is 0 Å². The van der Waals surface area contributed by atoms with E-state index in [9.17, 15) is 5.11 Å². The standard InChI is InChI=1S/C15H13BrO4/c1-18-11-4-2-3-9(5-11)14(17)10-6-12(16)15-13(7-10)19-8-20-15/h2-7,14,17H,8H2,1H3. The monoisotopic (exact) mass is 336 g/mol. The maximum Gasteiger partial charge on any atom is 0.231 e. The van der Waals surface area contributed by atoms with Crippen LogP contribution in [-0.2, 0) is 0 Å². The van der Waals surface area contributed by atoms with Crippen LogP contribution in [0.5, 0.6) is 17.2 Å². The maximum absolute atomic E-state index is 10.5. The predicted octanol–water partition coefficient (Wildman–Crippen LogP) is 3.27. The van der Waals surface area contributed by atoms with Gasteiger partial charge in [-0.05, 0) is 51.3 Å². The smallest absolute Gasteiger partial charge is 0.231 e. The van der Waals surface area contributed by atoms with Gasteiger partial charge in [-0.1, -0.05) is 12.1 Å². The van der Waals surface area contributed by atoms with Crippen molar-refractivity contribution in [1.82, 2.24) is 0 Å². The molecule has 104 valence electrons. The Morgan fingerprint density at radius 3 is 2.85 bits per heavy atom. The average molecular weight is 337 g/mol. The van der Waals surface area contributed by atoms with Crippen molar-refractivity contribution in [3.05, 3.63) is 52.0 Å². The molecule has 0 bridgehead atoms. The first-order valence-electron chi connectivity index (χ1n) is 6.10. The Labute approximate surface area is 125 Å². The predicted molar refractivity (Wildman–Crippen MR) is 77.3 cm³/mol. The molecular formula is C15H13BrO4. The summed E-state index contributed by atoms with van der Waals surface area (Å²) in [5.74, 6) is 2.02. The second kappa shape index (κ2) is 5.34. The maximum atomic E-state index is 10.5. The lowest BCUT2D eigenvalue weighted by Crippen LogP contribution is -2.00. The highest BCUT2D eigenvalue weighted by molar-refractivity contribution is 9.10.